The van der Waals surface area contributed by atoms with E-state index >= 15 is 0 Å². The summed E-state index contributed by atoms with van der Waals surface area (Å²) in [6.45, 7) is 6.26. The van der Waals surface area contributed by atoms with Crippen LogP contribution < -0.4 is 5.73 Å². The molecule has 3 rings (SSSR count). The lowest BCUT2D eigenvalue weighted by molar-refractivity contribution is 0.341. The molecule has 1 fully saturated rings. The van der Waals surface area contributed by atoms with Crippen molar-refractivity contribution in [2.45, 2.75) is 26.3 Å². The summed E-state index contributed by atoms with van der Waals surface area (Å²) in [5.74, 6) is 1.64. The second-order valence-electron chi connectivity index (χ2n) is 5.29. The third-order valence-electron chi connectivity index (χ3n) is 4.00. The van der Waals surface area contributed by atoms with Crippen LogP contribution in [0.2, 0.25) is 0 Å². The first-order valence-electron chi connectivity index (χ1n) is 7.05. The van der Waals surface area contributed by atoms with E-state index in [2.05, 4.69) is 21.9 Å². The van der Waals surface area contributed by atoms with Crippen LogP contribution in [-0.2, 0) is 13.0 Å². The van der Waals surface area contributed by atoms with Gasteiger partial charge >= 0.3 is 0 Å². The molecule has 0 radical (unpaired) electrons. The van der Waals surface area contributed by atoms with Crippen LogP contribution in [0.4, 0.5) is 0 Å². The van der Waals surface area contributed by atoms with Crippen LogP contribution in [0.1, 0.15) is 24.7 Å². The van der Waals surface area contributed by atoms with E-state index in [0.29, 0.717) is 12.5 Å². The Bertz CT molecular complexity index is 562. The Kier molecular flexibility index (Phi) is 3.48. The van der Waals surface area contributed by atoms with E-state index in [1.165, 1.54) is 19.5 Å². The molecule has 0 spiro atoms. The normalized spacial score (nSPS) is 20.4. The molecule has 1 aliphatic heterocycles. The predicted octanol–water partition coefficient (Wildman–Crippen LogP) is 1.07. The van der Waals surface area contributed by atoms with Gasteiger partial charge in [-0.15, -0.1) is 0 Å². The van der Waals surface area contributed by atoms with Crippen LogP contribution in [0, 0.1) is 5.92 Å². The fourth-order valence-corrected chi connectivity index (χ4v) is 2.88. The summed E-state index contributed by atoms with van der Waals surface area (Å²) in [6, 6.07) is 3.99. The predicted molar refractivity (Wildman–Crippen MR) is 74.8 cm³/mol. The quantitative estimate of drug-likeness (QED) is 0.892. The van der Waals surface area contributed by atoms with Gasteiger partial charge in [0.05, 0.1) is 0 Å². The summed E-state index contributed by atoms with van der Waals surface area (Å²) in [5, 5.41) is 4.57. The summed E-state index contributed by atoms with van der Waals surface area (Å²) in [5.41, 5.74) is 7.70. The highest BCUT2D eigenvalue weighted by molar-refractivity contribution is 5.46. The summed E-state index contributed by atoms with van der Waals surface area (Å²) in [4.78, 5) is 7.14. The Morgan fingerprint density at radius 1 is 1.47 bits per heavy atom. The molecule has 1 atom stereocenters. The largest absolute Gasteiger partial charge is 0.326 e. The Morgan fingerprint density at radius 3 is 3.11 bits per heavy atom. The van der Waals surface area contributed by atoms with Crippen LogP contribution in [0.3, 0.4) is 0 Å². The molecular formula is C14H21N5. The fourth-order valence-electron chi connectivity index (χ4n) is 2.88. The maximum absolute atomic E-state index is 5.74. The van der Waals surface area contributed by atoms with Crippen molar-refractivity contribution in [3.8, 4) is 0 Å². The Labute approximate surface area is 113 Å². The lowest BCUT2D eigenvalue weighted by atomic mass is 10.1. The Hall–Kier alpha value is -1.46. The monoisotopic (exact) mass is 259 g/mol. The molecule has 2 aromatic heterocycles. The molecule has 2 N–H and O–H groups in total. The minimum absolute atomic E-state index is 0.509. The standard InChI is InChI=1S/C14H21N5/c1-2-18-7-5-11(10-18)8-13-16-14-12(9-15)4-3-6-19(14)17-13/h3-4,6,11H,2,5,7-10,15H2,1H3. The zero-order valence-electron chi connectivity index (χ0n) is 11.4. The van der Waals surface area contributed by atoms with Gasteiger partial charge in [0.2, 0.25) is 0 Å². The van der Waals surface area contributed by atoms with Gasteiger partial charge in [0.1, 0.15) is 0 Å². The lowest BCUT2D eigenvalue weighted by Crippen LogP contribution is -2.20. The minimum atomic E-state index is 0.509. The number of pyridine rings is 1. The topological polar surface area (TPSA) is 59.5 Å². The number of fused-ring (bicyclic) bond motifs is 1. The molecule has 0 aromatic carbocycles. The number of hydrogen-bond acceptors (Lipinski definition) is 4. The van der Waals surface area contributed by atoms with Gasteiger partial charge in [-0.3, -0.25) is 0 Å². The van der Waals surface area contributed by atoms with Gasteiger partial charge in [-0.1, -0.05) is 13.0 Å². The van der Waals surface area contributed by atoms with Crippen LogP contribution >= 0.6 is 0 Å². The number of nitrogens with two attached hydrogens (primary N) is 1. The molecule has 19 heavy (non-hydrogen) atoms. The molecule has 1 saturated heterocycles. The molecule has 0 aliphatic carbocycles. The van der Waals surface area contributed by atoms with Gasteiger partial charge in [-0.2, -0.15) is 5.10 Å². The zero-order valence-corrected chi connectivity index (χ0v) is 11.4. The third-order valence-corrected chi connectivity index (χ3v) is 4.00. The molecule has 5 nitrogen and oxygen atoms in total. The second kappa shape index (κ2) is 5.27. The molecule has 3 heterocycles. The molecular weight excluding hydrogens is 238 g/mol. The number of aromatic nitrogens is 3. The SMILES string of the molecule is CCN1CCC(Cc2nc3c(CN)cccn3n2)C1. The second-order valence-corrected chi connectivity index (χ2v) is 5.29. The minimum Gasteiger partial charge on any atom is -0.326 e. The van der Waals surface area contributed by atoms with Gasteiger partial charge in [-0.25, -0.2) is 9.50 Å². The van der Waals surface area contributed by atoms with Crippen molar-refractivity contribution in [1.29, 1.82) is 0 Å². The van der Waals surface area contributed by atoms with E-state index in [-0.39, 0.29) is 0 Å². The highest BCUT2D eigenvalue weighted by Gasteiger charge is 2.22. The van der Waals surface area contributed by atoms with Crippen molar-refractivity contribution in [3.63, 3.8) is 0 Å². The van der Waals surface area contributed by atoms with E-state index in [1.54, 1.807) is 0 Å². The van der Waals surface area contributed by atoms with Crippen molar-refractivity contribution < 1.29 is 0 Å². The molecule has 0 amide bonds. The Balaban J connectivity index is 1.79. The smallest absolute Gasteiger partial charge is 0.160 e. The molecule has 0 bridgehead atoms. The van der Waals surface area contributed by atoms with Crippen LogP contribution in [-0.4, -0.2) is 39.1 Å². The van der Waals surface area contributed by atoms with E-state index in [0.717, 1.165) is 30.0 Å². The molecule has 2 aromatic rings. The first kappa shape index (κ1) is 12.6. The highest BCUT2D eigenvalue weighted by Crippen LogP contribution is 2.19. The molecule has 1 unspecified atom stereocenters. The van der Waals surface area contributed by atoms with E-state index < -0.39 is 0 Å². The number of rotatable bonds is 4. The molecule has 102 valence electrons. The van der Waals surface area contributed by atoms with E-state index in [9.17, 15) is 0 Å². The van der Waals surface area contributed by atoms with Gasteiger partial charge in [0, 0.05) is 31.3 Å². The van der Waals surface area contributed by atoms with Gasteiger partial charge in [0.15, 0.2) is 11.5 Å². The van der Waals surface area contributed by atoms with Crippen LogP contribution in [0.15, 0.2) is 18.3 Å². The third kappa shape index (κ3) is 2.48. The molecule has 1 aliphatic rings. The van der Waals surface area contributed by atoms with Crippen LogP contribution in [0.5, 0.6) is 0 Å². The Morgan fingerprint density at radius 2 is 2.37 bits per heavy atom. The van der Waals surface area contributed by atoms with E-state index in [1.807, 2.05) is 22.8 Å². The highest BCUT2D eigenvalue weighted by atomic mass is 15.3. The summed E-state index contributed by atoms with van der Waals surface area (Å²) >= 11 is 0. The average Bonchev–Trinajstić information content (AvgIpc) is 3.04. The van der Waals surface area contributed by atoms with Crippen molar-refractivity contribution in [2.75, 3.05) is 19.6 Å². The average molecular weight is 259 g/mol. The van der Waals surface area contributed by atoms with Gasteiger partial charge in [0.25, 0.3) is 0 Å². The number of nitrogens with zero attached hydrogens (tertiary/aromatic N) is 4. The van der Waals surface area contributed by atoms with Crippen LogP contribution in [0.25, 0.3) is 5.65 Å². The lowest BCUT2D eigenvalue weighted by Gasteiger charge is -2.11. The first-order chi connectivity index (χ1) is 9.30. The molecule has 5 heteroatoms. The molecule has 0 saturated carbocycles. The summed E-state index contributed by atoms with van der Waals surface area (Å²) in [7, 11) is 0. The number of hydrogen-bond donors (Lipinski definition) is 1. The van der Waals surface area contributed by atoms with Crippen molar-refractivity contribution >= 4 is 5.65 Å². The van der Waals surface area contributed by atoms with Gasteiger partial charge < -0.3 is 10.6 Å². The van der Waals surface area contributed by atoms with Crippen molar-refractivity contribution in [3.05, 3.63) is 29.7 Å². The first-order valence-corrected chi connectivity index (χ1v) is 7.05. The zero-order chi connectivity index (χ0) is 13.2. The fraction of sp³-hybridized carbons (Fsp3) is 0.571. The summed E-state index contributed by atoms with van der Waals surface area (Å²) < 4.78 is 1.85. The maximum atomic E-state index is 5.74. The van der Waals surface area contributed by atoms with Crippen molar-refractivity contribution in [1.82, 2.24) is 19.5 Å². The van der Waals surface area contributed by atoms with Crippen molar-refractivity contribution in [2.24, 2.45) is 11.7 Å². The van der Waals surface area contributed by atoms with E-state index in [4.69, 9.17) is 5.73 Å². The maximum Gasteiger partial charge on any atom is 0.160 e. The summed E-state index contributed by atoms with van der Waals surface area (Å²) in [6.07, 6.45) is 4.17. The number of likely N-dealkylation sites (tertiary alicyclic amines) is 1. The van der Waals surface area contributed by atoms with Gasteiger partial charge in [-0.05, 0) is 31.5 Å².